The summed E-state index contributed by atoms with van der Waals surface area (Å²) < 4.78 is 11.8. The van der Waals surface area contributed by atoms with Gasteiger partial charge < -0.3 is 45.0 Å². The smallest absolute Gasteiger partial charge is 0.252 e. The lowest BCUT2D eigenvalue weighted by molar-refractivity contribution is 0.0944. The molecule has 0 aliphatic carbocycles. The zero-order valence-corrected chi connectivity index (χ0v) is 45.7. The van der Waals surface area contributed by atoms with E-state index in [2.05, 4.69) is 112 Å². The number of hydrogen-bond donors (Lipinski definition) is 5. The molecule has 17 nitrogen and oxygen atoms in total. The molecule has 0 saturated carbocycles. The molecule has 0 radical (unpaired) electrons. The zero-order valence-electron chi connectivity index (χ0n) is 45.7. The van der Waals surface area contributed by atoms with E-state index in [4.69, 9.17) is 14.7 Å². The number of fused-ring (bicyclic) bond motifs is 2. The minimum Gasteiger partial charge on any atom is -0.482 e. The van der Waals surface area contributed by atoms with E-state index in [1.807, 2.05) is 49.8 Å². The summed E-state index contributed by atoms with van der Waals surface area (Å²) in [4.78, 5) is 71.2. The highest BCUT2D eigenvalue weighted by Crippen LogP contribution is 2.40. The molecule has 2 aliphatic rings. The van der Waals surface area contributed by atoms with Gasteiger partial charge in [0, 0.05) is 143 Å². The van der Waals surface area contributed by atoms with Crippen LogP contribution in [0, 0.1) is 27.7 Å². The Hall–Kier alpha value is -7.11. The van der Waals surface area contributed by atoms with Gasteiger partial charge in [0.1, 0.15) is 5.82 Å². The van der Waals surface area contributed by atoms with Gasteiger partial charge in [0.2, 0.25) is 0 Å². The van der Waals surface area contributed by atoms with Gasteiger partial charge in [-0.15, -0.1) is 0 Å². The SMILES string of the molecule is COc1[nH]c(C)cc(=O)c1CNC(=O)c1cc(-c2ccc(N3CCNCC3)nc2)cc2c1c(C)cn2C(C)CCn1c(C)cc(=O)c(CNC(=O)c2cc(C3CC(C)(C)NC(C)(C)C3)nc3c2cnn3C(C)C)c1C. The predicted molar refractivity (Wildman–Crippen MR) is 296 cm³/mol. The lowest BCUT2D eigenvalue weighted by atomic mass is 9.74. The number of H-pyrrole nitrogens is 1. The van der Waals surface area contributed by atoms with Crippen LogP contribution in [0.2, 0.25) is 0 Å². The van der Waals surface area contributed by atoms with Gasteiger partial charge >= 0.3 is 0 Å². The van der Waals surface area contributed by atoms with E-state index in [0.29, 0.717) is 57.8 Å². The number of nitrogens with zero attached hydrogens (tertiary/aromatic N) is 7. The minimum atomic E-state index is -0.323. The van der Waals surface area contributed by atoms with Crippen LogP contribution in [-0.4, -0.2) is 90.0 Å². The van der Waals surface area contributed by atoms with Gasteiger partial charge in [-0.2, -0.15) is 5.10 Å². The third-order valence-corrected chi connectivity index (χ3v) is 15.3. The largest absolute Gasteiger partial charge is 0.482 e. The van der Waals surface area contributed by atoms with Crippen molar-refractivity contribution in [2.45, 2.75) is 144 Å². The van der Waals surface area contributed by atoms with Crippen LogP contribution < -0.4 is 41.8 Å². The molecule has 2 amide bonds. The maximum absolute atomic E-state index is 14.4. The molecule has 75 heavy (non-hydrogen) atoms. The first-order valence-corrected chi connectivity index (χ1v) is 26.4. The fourth-order valence-electron chi connectivity index (χ4n) is 11.8. The number of benzene rings is 1. The van der Waals surface area contributed by atoms with E-state index in [9.17, 15) is 19.2 Å². The molecule has 7 aromatic rings. The number of piperazine rings is 1. The van der Waals surface area contributed by atoms with Gasteiger partial charge in [-0.05, 0) is 137 Å². The molecule has 2 fully saturated rings. The molecule has 5 N–H and O–H groups in total. The number of piperidine rings is 1. The molecule has 8 heterocycles. The van der Waals surface area contributed by atoms with E-state index >= 15 is 0 Å². The summed E-state index contributed by atoms with van der Waals surface area (Å²) in [5.74, 6) is 0.738. The van der Waals surface area contributed by atoms with Crippen LogP contribution in [0.25, 0.3) is 33.1 Å². The maximum Gasteiger partial charge on any atom is 0.252 e. The topological polar surface area (TPSA) is 198 Å². The van der Waals surface area contributed by atoms with Crippen molar-refractivity contribution in [3.63, 3.8) is 0 Å². The number of methoxy groups -OCH3 is 1. The number of nitrogens with one attached hydrogen (secondary N) is 5. The highest BCUT2D eigenvalue weighted by molar-refractivity contribution is 6.09. The summed E-state index contributed by atoms with van der Waals surface area (Å²) in [6, 6.07) is 13.2. The van der Waals surface area contributed by atoms with E-state index < -0.39 is 0 Å². The molecule has 1 aromatic carbocycles. The summed E-state index contributed by atoms with van der Waals surface area (Å²) in [6.45, 7) is 27.0. The number of ether oxygens (including phenoxy) is 1. The normalized spacial score (nSPS) is 16.2. The molecule has 0 bridgehead atoms. The van der Waals surface area contributed by atoms with Crippen LogP contribution in [0.4, 0.5) is 5.82 Å². The molecular weight excluding hydrogens is 945 g/mol. The second kappa shape index (κ2) is 20.9. The van der Waals surface area contributed by atoms with Crippen molar-refractivity contribution in [3.8, 4) is 17.0 Å². The third kappa shape index (κ3) is 10.9. The van der Waals surface area contributed by atoms with Crippen LogP contribution in [-0.2, 0) is 19.6 Å². The Morgan fingerprint density at radius 2 is 1.52 bits per heavy atom. The number of hydrogen-bond acceptors (Lipinski definition) is 11. The molecular formula is C58H74N12O5. The van der Waals surface area contributed by atoms with Gasteiger partial charge in [0.15, 0.2) is 22.4 Å². The van der Waals surface area contributed by atoms with E-state index in [-0.39, 0.29) is 64.8 Å². The summed E-state index contributed by atoms with van der Waals surface area (Å²) in [6.07, 6.45) is 8.11. The number of aryl methyl sites for hydroxylation is 3. The van der Waals surface area contributed by atoms with Crippen LogP contribution >= 0.6 is 0 Å². The van der Waals surface area contributed by atoms with Crippen molar-refractivity contribution in [1.82, 2.24) is 55.1 Å². The van der Waals surface area contributed by atoms with Gasteiger partial charge in [0.05, 0.1) is 36.4 Å². The summed E-state index contributed by atoms with van der Waals surface area (Å²) in [7, 11) is 1.49. The van der Waals surface area contributed by atoms with E-state index in [1.54, 1.807) is 19.2 Å². The van der Waals surface area contributed by atoms with Crippen molar-refractivity contribution in [2.75, 3.05) is 38.2 Å². The van der Waals surface area contributed by atoms with E-state index in [0.717, 1.165) is 89.5 Å². The Labute approximate surface area is 438 Å². The summed E-state index contributed by atoms with van der Waals surface area (Å²) >= 11 is 0. The number of pyridine rings is 4. The maximum atomic E-state index is 14.4. The van der Waals surface area contributed by atoms with Crippen molar-refractivity contribution in [2.24, 2.45) is 0 Å². The van der Waals surface area contributed by atoms with Gasteiger partial charge in [-0.1, -0.05) is 0 Å². The Bertz CT molecular complexity index is 3410. The standard InChI is InChI=1S/C58H74N12O5/c1-33(2)70-53-45(31-63-70)42(25-47(65-53)41-26-57(8,9)66-58(10,11)27-41)54(73)61-29-44-38(7)68(37(6)22-50(44)72)18-15-36(5)69-32-34(3)52-43(55(74)62-30-46-49(71)21-35(4)64-56(46)75-12)23-40(24-48(52)69)39-13-14-51(60-28-39)67-19-16-59-17-20-67/h13-14,21-25,28,31-33,36,41,59,66H,15-20,26-27,29-30H2,1-12H3,(H,61,73)(H,62,74)(H,64,71). The van der Waals surface area contributed by atoms with Gasteiger partial charge in [0.25, 0.3) is 11.8 Å². The number of amides is 2. The zero-order chi connectivity index (χ0) is 53.7. The van der Waals surface area contributed by atoms with Crippen LogP contribution in [0.3, 0.4) is 0 Å². The Kier molecular flexibility index (Phi) is 14.7. The number of rotatable bonds is 15. The predicted octanol–water partition coefficient (Wildman–Crippen LogP) is 8.07. The quantitative estimate of drug-likeness (QED) is 0.0666. The second-order valence-corrected chi connectivity index (χ2v) is 22.5. The summed E-state index contributed by atoms with van der Waals surface area (Å²) in [5.41, 5.74) is 8.57. The molecule has 2 aliphatic heterocycles. The first-order valence-electron chi connectivity index (χ1n) is 26.4. The monoisotopic (exact) mass is 1020 g/mol. The number of carbonyl (C=O) groups is 2. The van der Waals surface area contributed by atoms with E-state index in [1.165, 1.54) is 13.2 Å². The van der Waals surface area contributed by atoms with Crippen molar-refractivity contribution in [3.05, 3.63) is 132 Å². The van der Waals surface area contributed by atoms with Crippen molar-refractivity contribution >= 4 is 39.6 Å². The fourth-order valence-corrected chi connectivity index (χ4v) is 11.8. The van der Waals surface area contributed by atoms with Crippen molar-refractivity contribution < 1.29 is 14.3 Å². The molecule has 9 rings (SSSR count). The lowest BCUT2D eigenvalue weighted by Gasteiger charge is -2.46. The number of anilines is 1. The van der Waals surface area contributed by atoms with Gasteiger partial charge in [-0.25, -0.2) is 14.6 Å². The summed E-state index contributed by atoms with van der Waals surface area (Å²) in [5, 5.41) is 19.5. The number of aromatic amines is 1. The minimum absolute atomic E-state index is 0.0293. The first-order chi connectivity index (χ1) is 35.6. The molecule has 2 saturated heterocycles. The third-order valence-electron chi connectivity index (χ3n) is 15.3. The highest BCUT2D eigenvalue weighted by Gasteiger charge is 2.39. The van der Waals surface area contributed by atoms with Gasteiger partial charge in [-0.3, -0.25) is 19.2 Å². The van der Waals surface area contributed by atoms with Crippen molar-refractivity contribution in [1.29, 1.82) is 0 Å². The Balaban J connectivity index is 0.993. The Morgan fingerprint density at radius 1 is 0.840 bits per heavy atom. The second-order valence-electron chi connectivity index (χ2n) is 22.5. The Morgan fingerprint density at radius 3 is 2.19 bits per heavy atom. The fraction of sp³-hybridized carbons (Fsp3) is 0.466. The number of carbonyl (C=O) groups excluding carboxylic acids is 2. The molecule has 6 aromatic heterocycles. The lowest BCUT2D eigenvalue weighted by Crippen LogP contribution is -2.57. The molecule has 17 heteroatoms. The van der Waals surface area contributed by atoms with Crippen LogP contribution in [0.1, 0.15) is 146 Å². The highest BCUT2D eigenvalue weighted by atomic mass is 16.5. The van der Waals surface area contributed by atoms with Crippen LogP contribution in [0.5, 0.6) is 5.88 Å². The molecule has 1 unspecified atom stereocenters. The van der Waals surface area contributed by atoms with Crippen LogP contribution in [0.15, 0.2) is 70.6 Å². The molecule has 1 atom stereocenters. The number of aromatic nitrogens is 7. The average molecular weight is 1020 g/mol. The molecule has 0 spiro atoms. The first kappa shape index (κ1) is 52.7. The average Bonchev–Trinajstić information content (AvgIpc) is 3.96. The molecule has 396 valence electrons.